The normalized spacial score (nSPS) is 28.7. The van der Waals surface area contributed by atoms with Crippen LogP contribution < -0.4 is 15.4 Å². The van der Waals surface area contributed by atoms with Crippen LogP contribution in [0.25, 0.3) is 6.08 Å². The standard InChI is InChI=1S/C35H46N6O8S/c1-5-24-17-35(24,32(44)38-50(47,48)26-13-14-26)37-30(42)28-16-25-19-41(28)31(43)29(21(2)3)36-33(45)39(4)15-8-6-7-10-22-11-9-12-23-18-40(20-27(22)23)34(46)49-25/h5,7,9-12,21,24-26,28-29H,1,6,8,13-20H2,2-4H3,(H,36,45)(H,37,42)(H,38,44)/t24-,25-,28+,29+,35-/m1/s1. The Labute approximate surface area is 292 Å². The van der Waals surface area contributed by atoms with Crippen molar-refractivity contribution in [1.82, 2.24) is 30.1 Å². The third-order valence-corrected chi connectivity index (χ3v) is 12.2. The van der Waals surface area contributed by atoms with Gasteiger partial charge < -0.3 is 25.2 Å². The zero-order valence-electron chi connectivity index (χ0n) is 28.7. The fraction of sp³-hybridized carbons (Fsp3) is 0.571. The van der Waals surface area contributed by atoms with E-state index in [0.717, 1.165) is 16.7 Å². The molecule has 2 saturated carbocycles. The molecule has 3 N–H and O–H groups in total. The number of benzene rings is 1. The van der Waals surface area contributed by atoms with E-state index in [1.165, 1.54) is 15.9 Å². The number of hydrogen-bond donors (Lipinski definition) is 3. The van der Waals surface area contributed by atoms with Crippen LogP contribution in [0.1, 0.15) is 69.1 Å². The van der Waals surface area contributed by atoms with E-state index in [0.29, 0.717) is 45.3 Å². The number of nitrogens with zero attached hydrogens (tertiary/aromatic N) is 3. The second-order valence-electron chi connectivity index (χ2n) is 14.4. The third kappa shape index (κ3) is 7.10. The summed E-state index contributed by atoms with van der Waals surface area (Å²) in [6.07, 6.45) is 6.49. The van der Waals surface area contributed by atoms with E-state index in [1.54, 1.807) is 25.8 Å². The van der Waals surface area contributed by atoms with Crippen molar-refractivity contribution in [3.8, 4) is 0 Å². The lowest BCUT2D eigenvalue weighted by molar-refractivity contribution is -0.141. The number of carbonyl (C=O) groups is 5. The number of urea groups is 1. The smallest absolute Gasteiger partial charge is 0.410 e. The Morgan fingerprint density at radius 1 is 1.16 bits per heavy atom. The Hall–Kier alpha value is -4.40. The summed E-state index contributed by atoms with van der Waals surface area (Å²) < 4.78 is 33.3. The number of fused-ring (bicyclic) bond motifs is 3. The van der Waals surface area contributed by atoms with Crippen LogP contribution in [0.5, 0.6) is 0 Å². The van der Waals surface area contributed by atoms with Crippen LogP contribution in [0, 0.1) is 11.8 Å². The Kier molecular flexibility index (Phi) is 9.72. The highest BCUT2D eigenvalue weighted by Gasteiger charge is 2.62. The molecule has 3 fully saturated rings. The molecule has 1 aromatic carbocycles. The number of carbonyl (C=O) groups excluding carboxylic acids is 5. The van der Waals surface area contributed by atoms with E-state index in [1.807, 2.05) is 30.4 Å². The average Bonchev–Trinajstić information content (AvgIpc) is 3.96. The first-order valence-electron chi connectivity index (χ1n) is 17.3. The van der Waals surface area contributed by atoms with Gasteiger partial charge in [0.25, 0.3) is 5.91 Å². The minimum absolute atomic E-state index is 0.0619. The van der Waals surface area contributed by atoms with E-state index in [2.05, 4.69) is 21.9 Å². The zero-order chi connectivity index (χ0) is 36.0. The molecule has 6 rings (SSSR count). The van der Waals surface area contributed by atoms with Gasteiger partial charge in [-0.25, -0.2) is 18.0 Å². The van der Waals surface area contributed by atoms with E-state index in [-0.39, 0.29) is 25.3 Å². The summed E-state index contributed by atoms with van der Waals surface area (Å²) in [6.45, 7) is 8.33. The van der Waals surface area contributed by atoms with Crippen LogP contribution in [0.4, 0.5) is 9.59 Å². The van der Waals surface area contributed by atoms with E-state index in [4.69, 9.17) is 4.74 Å². The quantitative estimate of drug-likeness (QED) is 0.362. The summed E-state index contributed by atoms with van der Waals surface area (Å²) in [6, 6.07) is 3.28. The number of nitrogens with one attached hydrogen (secondary N) is 3. The Balaban J connectivity index is 1.27. The predicted molar refractivity (Wildman–Crippen MR) is 183 cm³/mol. The van der Waals surface area contributed by atoms with Crippen LogP contribution in [0.3, 0.4) is 0 Å². The van der Waals surface area contributed by atoms with Gasteiger partial charge in [0.15, 0.2) is 0 Å². The van der Waals surface area contributed by atoms with Crippen LogP contribution in [0.15, 0.2) is 36.9 Å². The molecule has 0 unspecified atom stereocenters. The van der Waals surface area contributed by atoms with E-state index < -0.39 is 74.8 Å². The maximum atomic E-state index is 14.2. The molecule has 270 valence electrons. The minimum atomic E-state index is -3.89. The lowest BCUT2D eigenvalue weighted by Crippen LogP contribution is -2.59. The van der Waals surface area contributed by atoms with Crippen LogP contribution in [0.2, 0.25) is 0 Å². The second kappa shape index (κ2) is 13.7. The highest BCUT2D eigenvalue weighted by Crippen LogP contribution is 2.45. The maximum Gasteiger partial charge on any atom is 0.410 e. The van der Waals surface area contributed by atoms with Crippen molar-refractivity contribution >= 4 is 45.9 Å². The predicted octanol–water partition coefficient (Wildman–Crippen LogP) is 2.25. The van der Waals surface area contributed by atoms with Gasteiger partial charge >= 0.3 is 12.1 Å². The summed E-state index contributed by atoms with van der Waals surface area (Å²) >= 11 is 0. The van der Waals surface area contributed by atoms with Crippen molar-refractivity contribution in [1.29, 1.82) is 0 Å². The van der Waals surface area contributed by atoms with Gasteiger partial charge in [0, 0.05) is 32.5 Å². The maximum absolute atomic E-state index is 14.2. The number of allylic oxidation sites excluding steroid dienone is 1. The summed E-state index contributed by atoms with van der Waals surface area (Å²) in [7, 11) is -2.24. The molecule has 0 aromatic heterocycles. The molecule has 3 aliphatic heterocycles. The molecule has 5 aliphatic rings. The SMILES string of the molecule is C=C[C@@H]1C[C@]1(NC(=O)[C@@H]1C[C@@H]2CN1C(=O)[C@H](C(C)C)NC(=O)N(C)CCCC=Cc1cccc3c1CN(C3)C(=O)O2)C(=O)NS(=O)(=O)C1CC1. The van der Waals surface area contributed by atoms with Crippen molar-refractivity contribution in [3.05, 3.63) is 53.6 Å². The van der Waals surface area contributed by atoms with Gasteiger partial charge in [-0.3, -0.25) is 24.0 Å². The van der Waals surface area contributed by atoms with Crippen molar-refractivity contribution in [2.24, 2.45) is 11.8 Å². The first kappa shape index (κ1) is 35.4. The molecule has 1 saturated heterocycles. The second-order valence-corrected chi connectivity index (χ2v) is 16.4. The molecule has 0 spiro atoms. The Morgan fingerprint density at radius 3 is 2.60 bits per heavy atom. The number of hydrogen-bond acceptors (Lipinski definition) is 8. The van der Waals surface area contributed by atoms with Gasteiger partial charge in [0.2, 0.25) is 21.8 Å². The fourth-order valence-electron chi connectivity index (χ4n) is 7.04. The molecular formula is C35H46N6O8S. The van der Waals surface area contributed by atoms with E-state index >= 15 is 0 Å². The van der Waals surface area contributed by atoms with E-state index in [9.17, 15) is 32.4 Å². The third-order valence-electron chi connectivity index (χ3n) is 10.4. The molecule has 4 bridgehead atoms. The Morgan fingerprint density at radius 2 is 1.92 bits per heavy atom. The van der Waals surface area contributed by atoms with Gasteiger partial charge in [-0.2, -0.15) is 0 Å². The Bertz CT molecular complexity index is 1720. The molecule has 6 amide bonds. The van der Waals surface area contributed by atoms with Gasteiger partial charge in [0.05, 0.1) is 18.3 Å². The van der Waals surface area contributed by atoms with Crippen molar-refractivity contribution in [2.75, 3.05) is 20.1 Å². The molecule has 50 heavy (non-hydrogen) atoms. The van der Waals surface area contributed by atoms with Crippen LogP contribution in [-0.4, -0.2) is 102 Å². The molecule has 15 heteroatoms. The number of amides is 6. The minimum Gasteiger partial charge on any atom is -0.444 e. The molecule has 0 radical (unpaired) electrons. The van der Waals surface area contributed by atoms with Crippen molar-refractivity contribution in [2.45, 2.75) is 94.4 Å². The molecular weight excluding hydrogens is 664 g/mol. The topological polar surface area (TPSA) is 175 Å². The fourth-order valence-corrected chi connectivity index (χ4v) is 8.40. The van der Waals surface area contributed by atoms with Gasteiger partial charge in [-0.15, -0.1) is 6.58 Å². The first-order chi connectivity index (χ1) is 23.7. The molecule has 5 atom stereocenters. The largest absolute Gasteiger partial charge is 0.444 e. The van der Waals surface area contributed by atoms with Gasteiger partial charge in [-0.05, 0) is 54.7 Å². The molecule has 14 nitrogen and oxygen atoms in total. The highest BCUT2D eigenvalue weighted by atomic mass is 32.2. The summed E-state index contributed by atoms with van der Waals surface area (Å²) in [5, 5.41) is 4.94. The summed E-state index contributed by atoms with van der Waals surface area (Å²) in [4.78, 5) is 72.9. The molecule has 3 heterocycles. The molecule has 2 aliphatic carbocycles. The highest BCUT2D eigenvalue weighted by molar-refractivity contribution is 7.91. The van der Waals surface area contributed by atoms with Gasteiger partial charge in [0.1, 0.15) is 23.7 Å². The number of sulfonamides is 1. The molecule has 1 aromatic rings. The first-order valence-corrected chi connectivity index (χ1v) is 18.8. The monoisotopic (exact) mass is 710 g/mol. The van der Waals surface area contributed by atoms with Crippen LogP contribution in [-0.2, 0) is 42.2 Å². The van der Waals surface area contributed by atoms with Crippen molar-refractivity contribution < 1.29 is 37.1 Å². The zero-order valence-corrected chi connectivity index (χ0v) is 29.5. The van der Waals surface area contributed by atoms with Crippen LogP contribution >= 0.6 is 0 Å². The summed E-state index contributed by atoms with van der Waals surface area (Å²) in [5.41, 5.74) is 1.46. The lowest BCUT2D eigenvalue weighted by atomic mass is 10.0. The lowest BCUT2D eigenvalue weighted by Gasteiger charge is -2.32. The van der Waals surface area contributed by atoms with Gasteiger partial charge in [-0.1, -0.05) is 50.3 Å². The summed E-state index contributed by atoms with van der Waals surface area (Å²) in [5.74, 6) is -2.98. The average molecular weight is 711 g/mol. The van der Waals surface area contributed by atoms with Crippen molar-refractivity contribution in [3.63, 3.8) is 0 Å². The number of rotatable bonds is 7. The number of ether oxygens (including phenoxy) is 1.